The number of fused-ring (bicyclic) bond motifs is 1. The lowest BCUT2D eigenvalue weighted by Gasteiger charge is -2.35. The van der Waals surface area contributed by atoms with Gasteiger partial charge in [0.2, 0.25) is 5.95 Å². The van der Waals surface area contributed by atoms with E-state index in [9.17, 15) is 5.11 Å². The molecule has 0 radical (unpaired) electrons. The van der Waals surface area contributed by atoms with Gasteiger partial charge in [-0.25, -0.2) is 4.98 Å². The Kier molecular flexibility index (Phi) is 3.75. The van der Waals surface area contributed by atoms with Gasteiger partial charge in [0.05, 0.1) is 11.0 Å². The number of thiophene rings is 1. The van der Waals surface area contributed by atoms with E-state index in [4.69, 9.17) is 5.73 Å². The summed E-state index contributed by atoms with van der Waals surface area (Å²) in [7, 11) is 0. The van der Waals surface area contributed by atoms with Crippen molar-refractivity contribution in [1.82, 2.24) is 9.97 Å². The molecule has 3 rings (SSSR count). The first-order valence-electron chi connectivity index (χ1n) is 7.45. The molecule has 0 spiro atoms. The number of nitrogen functional groups attached to an aromatic ring is 1. The minimum Gasteiger partial charge on any atom is -0.388 e. The second-order valence-corrected chi connectivity index (χ2v) is 7.52. The predicted octanol–water partition coefficient (Wildman–Crippen LogP) is 2.94. The van der Waals surface area contributed by atoms with Crippen LogP contribution < -0.4 is 11.1 Å². The number of rotatable bonds is 3. The quantitative estimate of drug-likeness (QED) is 0.812. The van der Waals surface area contributed by atoms with Gasteiger partial charge in [-0.15, -0.1) is 11.3 Å². The Morgan fingerprint density at radius 3 is 3.10 bits per heavy atom. The highest BCUT2D eigenvalue weighted by molar-refractivity contribution is 7.18. The van der Waals surface area contributed by atoms with Crippen LogP contribution in [-0.2, 0) is 0 Å². The van der Waals surface area contributed by atoms with Crippen molar-refractivity contribution in [2.75, 3.05) is 17.6 Å². The second kappa shape index (κ2) is 5.42. The second-order valence-electron chi connectivity index (χ2n) is 6.29. The molecule has 0 bridgehead atoms. The Morgan fingerprint density at radius 2 is 2.33 bits per heavy atom. The summed E-state index contributed by atoms with van der Waals surface area (Å²) in [5, 5.41) is 15.0. The summed E-state index contributed by atoms with van der Waals surface area (Å²) in [5.74, 6) is 1.58. The van der Waals surface area contributed by atoms with Gasteiger partial charge in [-0.2, -0.15) is 4.98 Å². The van der Waals surface area contributed by atoms with Crippen LogP contribution >= 0.6 is 11.3 Å². The lowest BCUT2D eigenvalue weighted by molar-refractivity contribution is -0.000801. The topological polar surface area (TPSA) is 84.1 Å². The van der Waals surface area contributed by atoms with Gasteiger partial charge >= 0.3 is 0 Å². The van der Waals surface area contributed by atoms with Crippen LogP contribution in [0.25, 0.3) is 10.2 Å². The van der Waals surface area contributed by atoms with Crippen molar-refractivity contribution >= 4 is 33.3 Å². The van der Waals surface area contributed by atoms with Crippen molar-refractivity contribution in [1.29, 1.82) is 0 Å². The van der Waals surface area contributed by atoms with Crippen LogP contribution in [0, 0.1) is 12.8 Å². The molecule has 0 amide bonds. The monoisotopic (exact) mass is 306 g/mol. The Balaban J connectivity index is 1.81. The smallest absolute Gasteiger partial charge is 0.223 e. The summed E-state index contributed by atoms with van der Waals surface area (Å²) in [6, 6.07) is 2.06. The van der Waals surface area contributed by atoms with Gasteiger partial charge in [-0.3, -0.25) is 0 Å². The summed E-state index contributed by atoms with van der Waals surface area (Å²) in [4.78, 5) is 10.6. The summed E-state index contributed by atoms with van der Waals surface area (Å²) in [6.07, 6.45) is 3.97. The minimum atomic E-state index is -0.644. The summed E-state index contributed by atoms with van der Waals surface area (Å²) in [6.45, 7) is 4.76. The summed E-state index contributed by atoms with van der Waals surface area (Å²) < 4.78 is 0. The lowest BCUT2D eigenvalue weighted by Crippen LogP contribution is -2.41. The van der Waals surface area contributed by atoms with Gasteiger partial charge < -0.3 is 16.2 Å². The average molecular weight is 306 g/mol. The van der Waals surface area contributed by atoms with Crippen LogP contribution in [0.5, 0.6) is 0 Å². The van der Waals surface area contributed by atoms with E-state index in [1.54, 1.807) is 11.3 Å². The molecule has 0 saturated heterocycles. The van der Waals surface area contributed by atoms with E-state index in [0.717, 1.165) is 35.3 Å². The van der Waals surface area contributed by atoms with Crippen molar-refractivity contribution in [3.8, 4) is 0 Å². The number of anilines is 2. The normalized spacial score (nSPS) is 26.1. The fraction of sp³-hybridized carbons (Fsp3) is 0.600. The van der Waals surface area contributed by atoms with Gasteiger partial charge in [-0.1, -0.05) is 19.8 Å². The van der Waals surface area contributed by atoms with Crippen molar-refractivity contribution in [3.63, 3.8) is 0 Å². The molecular formula is C15H22N4OS. The molecule has 5 nitrogen and oxygen atoms in total. The van der Waals surface area contributed by atoms with E-state index in [1.165, 1.54) is 11.3 Å². The molecule has 2 unspecified atom stereocenters. The molecule has 2 atom stereocenters. The first-order chi connectivity index (χ1) is 9.95. The number of aliphatic hydroxyl groups is 1. The van der Waals surface area contributed by atoms with Crippen LogP contribution in [0.1, 0.15) is 37.5 Å². The highest BCUT2D eigenvalue weighted by Gasteiger charge is 2.32. The maximum atomic E-state index is 10.7. The Hall–Kier alpha value is -1.40. The Morgan fingerprint density at radius 1 is 1.52 bits per heavy atom. The van der Waals surface area contributed by atoms with Crippen molar-refractivity contribution < 1.29 is 5.11 Å². The third-order valence-corrected chi connectivity index (χ3v) is 5.13. The van der Waals surface area contributed by atoms with Crippen LogP contribution in [0.3, 0.4) is 0 Å². The zero-order valence-corrected chi connectivity index (χ0v) is 13.3. The van der Waals surface area contributed by atoms with Crippen molar-refractivity contribution in [3.05, 3.63) is 10.9 Å². The third-order valence-electron chi connectivity index (χ3n) is 4.19. The average Bonchev–Trinajstić information content (AvgIpc) is 2.76. The van der Waals surface area contributed by atoms with E-state index in [0.29, 0.717) is 12.5 Å². The molecule has 4 N–H and O–H groups in total. The minimum absolute atomic E-state index is 0.274. The van der Waals surface area contributed by atoms with Gasteiger partial charge in [-0.05, 0) is 31.7 Å². The zero-order chi connectivity index (χ0) is 15.0. The van der Waals surface area contributed by atoms with E-state index >= 15 is 0 Å². The first-order valence-corrected chi connectivity index (χ1v) is 8.27. The molecule has 1 saturated carbocycles. The molecule has 2 aromatic rings. The molecule has 0 aromatic carbocycles. The molecule has 1 aliphatic rings. The van der Waals surface area contributed by atoms with Crippen LogP contribution in [0.4, 0.5) is 11.8 Å². The van der Waals surface area contributed by atoms with E-state index < -0.39 is 5.60 Å². The summed E-state index contributed by atoms with van der Waals surface area (Å²) in [5.41, 5.74) is 5.14. The van der Waals surface area contributed by atoms with Crippen molar-refractivity contribution in [2.45, 2.75) is 45.1 Å². The van der Waals surface area contributed by atoms with Crippen LogP contribution in [0.2, 0.25) is 0 Å². The molecule has 1 aliphatic carbocycles. The molecular weight excluding hydrogens is 284 g/mol. The van der Waals surface area contributed by atoms with Gasteiger partial charge in [0, 0.05) is 11.4 Å². The van der Waals surface area contributed by atoms with Gasteiger partial charge in [0.1, 0.15) is 10.6 Å². The van der Waals surface area contributed by atoms with E-state index in [-0.39, 0.29) is 5.95 Å². The van der Waals surface area contributed by atoms with Crippen molar-refractivity contribution in [2.24, 2.45) is 5.92 Å². The number of aryl methyl sites for hydroxylation is 1. The number of nitrogens with two attached hydrogens (primary N) is 1. The SMILES string of the molecule is Cc1cc2c(NCC3(O)CCCC(C)C3)nc(N)nc2s1. The first kappa shape index (κ1) is 14.5. The van der Waals surface area contributed by atoms with Gasteiger partial charge in [0.15, 0.2) is 0 Å². The maximum absolute atomic E-state index is 10.7. The standard InChI is InChI=1S/C15H22N4OS/c1-9-4-3-5-15(20,7-9)8-17-12-11-6-10(2)21-13(11)19-14(16)18-12/h6,9,20H,3-5,7-8H2,1-2H3,(H3,16,17,18,19). The van der Waals surface area contributed by atoms with Crippen LogP contribution in [-0.4, -0.2) is 27.2 Å². The van der Waals surface area contributed by atoms with Crippen LogP contribution in [0.15, 0.2) is 6.07 Å². The van der Waals surface area contributed by atoms with E-state index in [1.807, 2.05) is 6.92 Å². The Labute approximate surface area is 128 Å². The number of nitrogens with zero attached hydrogens (tertiary/aromatic N) is 2. The number of hydrogen-bond acceptors (Lipinski definition) is 6. The zero-order valence-electron chi connectivity index (χ0n) is 12.5. The highest BCUT2D eigenvalue weighted by atomic mass is 32.1. The largest absolute Gasteiger partial charge is 0.388 e. The fourth-order valence-electron chi connectivity index (χ4n) is 3.23. The molecule has 2 aromatic heterocycles. The maximum Gasteiger partial charge on any atom is 0.223 e. The molecule has 1 fully saturated rings. The number of nitrogens with one attached hydrogen (secondary N) is 1. The number of aromatic nitrogens is 2. The number of hydrogen-bond donors (Lipinski definition) is 3. The highest BCUT2D eigenvalue weighted by Crippen LogP contribution is 2.34. The molecule has 114 valence electrons. The third kappa shape index (κ3) is 3.11. The summed E-state index contributed by atoms with van der Waals surface area (Å²) >= 11 is 1.61. The lowest BCUT2D eigenvalue weighted by atomic mass is 9.79. The van der Waals surface area contributed by atoms with Gasteiger partial charge in [0.25, 0.3) is 0 Å². The molecule has 6 heteroatoms. The molecule has 21 heavy (non-hydrogen) atoms. The van der Waals surface area contributed by atoms with E-state index in [2.05, 4.69) is 28.3 Å². The molecule has 0 aliphatic heterocycles. The Bertz CT molecular complexity index is 656. The molecule has 2 heterocycles. The fourth-order valence-corrected chi connectivity index (χ4v) is 4.12. The predicted molar refractivity (Wildman–Crippen MR) is 87.6 cm³/mol.